The number of rotatable bonds is 2. The fraction of sp³-hybridized carbons (Fsp3) is 0.167. The van der Waals surface area contributed by atoms with E-state index in [0.29, 0.717) is 5.69 Å². The van der Waals surface area contributed by atoms with E-state index in [-0.39, 0.29) is 5.56 Å². The van der Waals surface area contributed by atoms with Crippen molar-refractivity contribution in [2.45, 2.75) is 13.3 Å². The first kappa shape index (κ1) is 9.65. The Kier molecular flexibility index (Phi) is 2.63. The summed E-state index contributed by atoms with van der Waals surface area (Å²) < 4.78 is 0. The Morgan fingerprint density at radius 3 is 2.87 bits per heavy atom. The third-order valence-corrected chi connectivity index (χ3v) is 2.36. The molecule has 2 rings (SSSR count). The Morgan fingerprint density at radius 2 is 2.13 bits per heavy atom. The van der Waals surface area contributed by atoms with Crippen LogP contribution in [0.3, 0.4) is 0 Å². The third-order valence-electron chi connectivity index (χ3n) is 2.36. The van der Waals surface area contributed by atoms with Gasteiger partial charge in [0, 0.05) is 18.0 Å². The third kappa shape index (κ3) is 1.81. The number of aryl methyl sites for hydroxylation is 1. The van der Waals surface area contributed by atoms with Crippen molar-refractivity contribution < 1.29 is 0 Å². The number of hydrogen-bond donors (Lipinski definition) is 1. The molecular weight excluding hydrogens is 188 g/mol. The highest BCUT2D eigenvalue weighted by atomic mass is 16.1. The first-order valence-electron chi connectivity index (χ1n) is 4.95. The number of H-pyrrole nitrogens is 1. The lowest BCUT2D eigenvalue weighted by Gasteiger charge is -2.04. The number of nitrogens with one attached hydrogen (secondary N) is 1. The summed E-state index contributed by atoms with van der Waals surface area (Å²) in [6.45, 7) is 2.07. The maximum atomic E-state index is 11.6. The lowest BCUT2D eigenvalue weighted by Crippen LogP contribution is -2.10. The zero-order valence-electron chi connectivity index (χ0n) is 8.53. The first-order chi connectivity index (χ1) is 7.33. The van der Waals surface area contributed by atoms with Crippen LogP contribution in [0, 0.1) is 0 Å². The lowest BCUT2D eigenvalue weighted by molar-refractivity contribution is 1.10. The average Bonchev–Trinajstić information content (AvgIpc) is 2.30. The molecule has 0 saturated heterocycles. The molecule has 3 heteroatoms. The minimum Gasteiger partial charge on any atom is -0.326 e. The van der Waals surface area contributed by atoms with E-state index in [4.69, 9.17) is 0 Å². The molecule has 0 fully saturated rings. The van der Waals surface area contributed by atoms with Gasteiger partial charge in [0.15, 0.2) is 0 Å². The first-order valence-corrected chi connectivity index (χ1v) is 4.95. The molecule has 2 aromatic rings. The molecule has 1 heterocycles. The Bertz CT molecular complexity index is 517. The number of nitrogens with zero attached hydrogens (tertiary/aromatic N) is 1. The predicted molar refractivity (Wildman–Crippen MR) is 59.7 cm³/mol. The summed E-state index contributed by atoms with van der Waals surface area (Å²) in [5, 5.41) is 0. The van der Waals surface area contributed by atoms with Gasteiger partial charge in [0.05, 0.1) is 0 Å². The minimum atomic E-state index is -0.140. The Labute approximate surface area is 87.8 Å². The van der Waals surface area contributed by atoms with Gasteiger partial charge in [-0.25, -0.2) is 4.98 Å². The van der Waals surface area contributed by atoms with Crippen molar-refractivity contribution >= 4 is 0 Å². The van der Waals surface area contributed by atoms with Gasteiger partial charge in [0.1, 0.15) is 5.69 Å². The van der Waals surface area contributed by atoms with Gasteiger partial charge in [-0.05, 0) is 12.0 Å². The highest BCUT2D eigenvalue weighted by Gasteiger charge is 2.07. The summed E-state index contributed by atoms with van der Waals surface area (Å²) >= 11 is 0. The van der Waals surface area contributed by atoms with Crippen LogP contribution in [-0.4, -0.2) is 9.97 Å². The molecule has 1 N–H and O–H groups in total. The minimum absolute atomic E-state index is 0.140. The van der Waals surface area contributed by atoms with Crippen LogP contribution < -0.4 is 5.56 Å². The van der Waals surface area contributed by atoms with E-state index in [2.05, 4.69) is 16.9 Å². The molecule has 0 amide bonds. The van der Waals surface area contributed by atoms with E-state index in [1.807, 2.05) is 24.3 Å². The molecule has 0 radical (unpaired) electrons. The van der Waals surface area contributed by atoms with Gasteiger partial charge in [0.25, 0.3) is 5.56 Å². The Hall–Kier alpha value is -1.90. The molecule has 0 aliphatic heterocycles. The van der Waals surface area contributed by atoms with Gasteiger partial charge in [0.2, 0.25) is 0 Å². The highest BCUT2D eigenvalue weighted by Crippen LogP contribution is 2.18. The molecule has 76 valence electrons. The molecule has 0 spiro atoms. The molecule has 0 aliphatic rings. The molecule has 0 atom stereocenters. The van der Waals surface area contributed by atoms with Crippen LogP contribution in [0.1, 0.15) is 12.5 Å². The molecular formula is C12H12N2O. The smallest absolute Gasteiger partial charge is 0.274 e. The maximum Gasteiger partial charge on any atom is 0.274 e. The van der Waals surface area contributed by atoms with Crippen LogP contribution in [-0.2, 0) is 6.42 Å². The number of aromatic amines is 1. The maximum absolute atomic E-state index is 11.6. The highest BCUT2D eigenvalue weighted by molar-refractivity contribution is 5.62. The Morgan fingerprint density at radius 1 is 1.33 bits per heavy atom. The monoisotopic (exact) mass is 200 g/mol. The zero-order chi connectivity index (χ0) is 10.7. The molecule has 1 aromatic heterocycles. The van der Waals surface area contributed by atoms with Crippen molar-refractivity contribution in [3.63, 3.8) is 0 Å². The van der Waals surface area contributed by atoms with Gasteiger partial charge in [-0.3, -0.25) is 4.79 Å². The summed E-state index contributed by atoms with van der Waals surface area (Å²) in [4.78, 5) is 18.3. The fourth-order valence-corrected chi connectivity index (χ4v) is 1.60. The van der Waals surface area contributed by atoms with Gasteiger partial charge >= 0.3 is 0 Å². The Balaban J connectivity index is 2.64. The zero-order valence-corrected chi connectivity index (χ0v) is 8.53. The standard InChI is InChI=1S/C12H12N2O/c1-2-9-5-3-4-6-10(9)11-12(15)14-8-7-13-11/h3-8H,2H2,1H3,(H,14,15). The summed E-state index contributed by atoms with van der Waals surface area (Å²) in [5.41, 5.74) is 2.41. The van der Waals surface area contributed by atoms with Gasteiger partial charge in [-0.2, -0.15) is 0 Å². The topological polar surface area (TPSA) is 45.8 Å². The summed E-state index contributed by atoms with van der Waals surface area (Å²) in [7, 11) is 0. The molecule has 0 aliphatic carbocycles. The van der Waals surface area contributed by atoms with E-state index in [1.165, 1.54) is 0 Å². The van der Waals surface area contributed by atoms with Crippen LogP contribution in [0.5, 0.6) is 0 Å². The van der Waals surface area contributed by atoms with Crippen LogP contribution >= 0.6 is 0 Å². The van der Waals surface area contributed by atoms with E-state index in [9.17, 15) is 4.79 Å². The van der Waals surface area contributed by atoms with Crippen LogP contribution in [0.15, 0.2) is 41.5 Å². The van der Waals surface area contributed by atoms with Gasteiger partial charge in [-0.15, -0.1) is 0 Å². The van der Waals surface area contributed by atoms with Crippen molar-refractivity contribution in [2.24, 2.45) is 0 Å². The fourth-order valence-electron chi connectivity index (χ4n) is 1.60. The average molecular weight is 200 g/mol. The second-order valence-corrected chi connectivity index (χ2v) is 3.28. The molecule has 0 saturated carbocycles. The second kappa shape index (κ2) is 4.09. The number of benzene rings is 1. The molecule has 0 bridgehead atoms. The largest absolute Gasteiger partial charge is 0.326 e. The van der Waals surface area contributed by atoms with Crippen LogP contribution in [0.4, 0.5) is 0 Å². The summed E-state index contributed by atoms with van der Waals surface area (Å²) in [6.07, 6.45) is 4.04. The van der Waals surface area contributed by atoms with Crippen molar-refractivity contribution in [1.29, 1.82) is 0 Å². The SMILES string of the molecule is CCc1ccccc1-c1ncc[nH]c1=O. The van der Waals surface area contributed by atoms with E-state index >= 15 is 0 Å². The molecule has 15 heavy (non-hydrogen) atoms. The second-order valence-electron chi connectivity index (χ2n) is 3.28. The summed E-state index contributed by atoms with van der Waals surface area (Å²) in [5.74, 6) is 0. The molecule has 0 unspecified atom stereocenters. The quantitative estimate of drug-likeness (QED) is 0.805. The van der Waals surface area contributed by atoms with E-state index in [1.54, 1.807) is 12.4 Å². The van der Waals surface area contributed by atoms with Crippen LogP contribution in [0.25, 0.3) is 11.3 Å². The number of hydrogen-bond acceptors (Lipinski definition) is 2. The van der Waals surface area contributed by atoms with Crippen molar-refractivity contribution in [3.8, 4) is 11.3 Å². The summed E-state index contributed by atoms with van der Waals surface area (Å²) in [6, 6.07) is 7.84. The van der Waals surface area contributed by atoms with Crippen molar-refractivity contribution in [2.75, 3.05) is 0 Å². The van der Waals surface area contributed by atoms with Crippen LogP contribution in [0.2, 0.25) is 0 Å². The number of aromatic nitrogens is 2. The van der Waals surface area contributed by atoms with E-state index in [0.717, 1.165) is 17.5 Å². The molecule has 1 aromatic carbocycles. The normalized spacial score (nSPS) is 10.2. The van der Waals surface area contributed by atoms with E-state index < -0.39 is 0 Å². The van der Waals surface area contributed by atoms with Gasteiger partial charge in [-0.1, -0.05) is 31.2 Å². The lowest BCUT2D eigenvalue weighted by atomic mass is 10.0. The predicted octanol–water partition coefficient (Wildman–Crippen LogP) is 2.00. The van der Waals surface area contributed by atoms with Crippen molar-refractivity contribution in [3.05, 3.63) is 52.6 Å². The molecule has 3 nitrogen and oxygen atoms in total. The van der Waals surface area contributed by atoms with Crippen molar-refractivity contribution in [1.82, 2.24) is 9.97 Å². The van der Waals surface area contributed by atoms with Gasteiger partial charge < -0.3 is 4.98 Å².